The van der Waals surface area contributed by atoms with Crippen LogP contribution in [0.3, 0.4) is 0 Å². The minimum atomic E-state index is -5.03. The number of halogens is 2. The fourth-order valence-corrected chi connectivity index (χ4v) is 2.10. The minimum absolute atomic E-state index is 0.123. The van der Waals surface area contributed by atoms with Gasteiger partial charge in [0.2, 0.25) is 0 Å². The number of hydrogen-bond donors (Lipinski definition) is 1. The van der Waals surface area contributed by atoms with E-state index in [1.54, 1.807) is 18.2 Å². The van der Waals surface area contributed by atoms with E-state index in [4.69, 9.17) is 4.74 Å². The Hall–Kier alpha value is -2.35. The molecule has 118 valence electrons. The zero-order valence-corrected chi connectivity index (χ0v) is 12.4. The predicted octanol–water partition coefficient (Wildman–Crippen LogP) is 3.04. The number of methoxy groups -OCH3 is 1. The van der Waals surface area contributed by atoms with Gasteiger partial charge in [-0.2, -0.15) is 8.42 Å². The summed E-state index contributed by atoms with van der Waals surface area (Å²) in [5.74, 6) is -0.453. The van der Waals surface area contributed by atoms with Crippen LogP contribution in [0.2, 0.25) is 0 Å². The second-order valence-electron chi connectivity index (χ2n) is 4.32. The van der Waals surface area contributed by atoms with Gasteiger partial charge < -0.3 is 14.2 Å². The lowest BCUT2D eigenvalue weighted by Gasteiger charge is -2.09. The van der Waals surface area contributed by atoms with Gasteiger partial charge in [0.15, 0.2) is 11.6 Å². The van der Waals surface area contributed by atoms with Crippen LogP contribution in [0.5, 0.6) is 11.5 Å². The minimum Gasteiger partial charge on any atom is -0.494 e. The van der Waals surface area contributed by atoms with E-state index in [0.717, 1.165) is 5.56 Å². The first kappa shape index (κ1) is 16.0. The molecule has 0 bridgehead atoms. The van der Waals surface area contributed by atoms with E-state index in [-0.39, 0.29) is 11.5 Å². The zero-order chi connectivity index (χ0) is 16.2. The van der Waals surface area contributed by atoms with E-state index in [1.807, 2.05) is 0 Å². The number of ether oxygens (including phenoxy) is 1. The van der Waals surface area contributed by atoms with Gasteiger partial charge in [0.25, 0.3) is 0 Å². The van der Waals surface area contributed by atoms with Gasteiger partial charge in [0.1, 0.15) is 5.75 Å². The first-order valence-corrected chi connectivity index (χ1v) is 7.48. The van der Waals surface area contributed by atoms with E-state index in [1.165, 1.54) is 31.4 Å². The highest BCUT2D eigenvalue weighted by atomic mass is 32.3. The van der Waals surface area contributed by atoms with Crippen molar-refractivity contribution in [1.29, 1.82) is 0 Å². The molecule has 8 heteroatoms. The molecule has 0 aromatic heterocycles. The lowest BCUT2D eigenvalue weighted by Crippen LogP contribution is -2.02. The highest BCUT2D eigenvalue weighted by molar-refractivity contribution is 7.81. The van der Waals surface area contributed by atoms with Crippen molar-refractivity contribution in [2.45, 2.75) is 6.54 Å². The molecule has 0 amide bonds. The van der Waals surface area contributed by atoms with Gasteiger partial charge in [-0.1, -0.05) is 16.0 Å². The molecule has 0 atom stereocenters. The van der Waals surface area contributed by atoms with Gasteiger partial charge in [0, 0.05) is 18.3 Å². The molecule has 0 aliphatic rings. The summed E-state index contributed by atoms with van der Waals surface area (Å²) in [4.78, 5) is 0. The molecular weight excluding hydrogens is 316 g/mol. The molecule has 0 spiro atoms. The first-order chi connectivity index (χ1) is 10.4. The van der Waals surface area contributed by atoms with Gasteiger partial charge in [-0.05, 0) is 29.8 Å². The normalized spacial score (nSPS) is 11.0. The summed E-state index contributed by atoms with van der Waals surface area (Å²) in [5.41, 5.74) is 1.34. The average molecular weight is 329 g/mol. The molecule has 0 aliphatic carbocycles. The second-order valence-corrected chi connectivity index (χ2v) is 5.28. The summed E-state index contributed by atoms with van der Waals surface area (Å²) in [6.45, 7) is 0.369. The molecule has 0 aliphatic heterocycles. The number of hydrogen-bond acceptors (Lipinski definition) is 5. The molecule has 0 saturated heterocycles. The summed E-state index contributed by atoms with van der Waals surface area (Å²) >= 11 is 0. The SMILES string of the molecule is COc1ccc(NCc2ccc(OS(=O)(=O)F)cc2)cc1F. The highest BCUT2D eigenvalue weighted by Crippen LogP contribution is 2.21. The molecular formula is C14H13F2NO4S. The number of rotatable bonds is 6. The van der Waals surface area contributed by atoms with Crippen LogP contribution in [0.4, 0.5) is 14.0 Å². The van der Waals surface area contributed by atoms with Crippen LogP contribution in [-0.4, -0.2) is 15.5 Å². The van der Waals surface area contributed by atoms with Crippen molar-refractivity contribution < 1.29 is 25.6 Å². The molecule has 0 heterocycles. The molecule has 22 heavy (non-hydrogen) atoms. The maximum atomic E-state index is 13.5. The Morgan fingerprint density at radius 3 is 2.36 bits per heavy atom. The summed E-state index contributed by atoms with van der Waals surface area (Å²) in [6.07, 6.45) is 0. The summed E-state index contributed by atoms with van der Waals surface area (Å²) in [5, 5.41) is 2.99. The molecule has 2 aromatic carbocycles. The molecule has 0 saturated carbocycles. The van der Waals surface area contributed by atoms with Crippen LogP contribution in [0.1, 0.15) is 5.56 Å². The van der Waals surface area contributed by atoms with E-state index in [2.05, 4.69) is 9.50 Å². The van der Waals surface area contributed by atoms with Crippen molar-refractivity contribution in [3.63, 3.8) is 0 Å². The van der Waals surface area contributed by atoms with Crippen molar-refractivity contribution in [3.8, 4) is 11.5 Å². The first-order valence-electron chi connectivity index (χ1n) is 6.18. The van der Waals surface area contributed by atoms with Crippen LogP contribution in [0, 0.1) is 5.82 Å². The van der Waals surface area contributed by atoms with E-state index in [9.17, 15) is 16.7 Å². The molecule has 5 nitrogen and oxygen atoms in total. The summed E-state index contributed by atoms with van der Waals surface area (Å²) in [6, 6.07) is 10.2. The molecule has 0 unspecified atom stereocenters. The Morgan fingerprint density at radius 1 is 1.14 bits per heavy atom. The van der Waals surface area contributed by atoms with Gasteiger partial charge in [-0.3, -0.25) is 0 Å². The van der Waals surface area contributed by atoms with E-state index in [0.29, 0.717) is 12.2 Å². The second kappa shape index (κ2) is 6.61. The lowest BCUT2D eigenvalue weighted by atomic mass is 10.2. The van der Waals surface area contributed by atoms with Crippen molar-refractivity contribution in [3.05, 3.63) is 53.8 Å². The van der Waals surface area contributed by atoms with Gasteiger partial charge in [-0.15, -0.1) is 0 Å². The van der Waals surface area contributed by atoms with E-state index < -0.39 is 16.3 Å². The van der Waals surface area contributed by atoms with Gasteiger partial charge in [-0.25, -0.2) is 4.39 Å². The molecule has 1 N–H and O–H groups in total. The monoisotopic (exact) mass is 329 g/mol. The summed E-state index contributed by atoms with van der Waals surface area (Å²) < 4.78 is 55.4. The van der Waals surface area contributed by atoms with Crippen LogP contribution in [0.15, 0.2) is 42.5 Å². The van der Waals surface area contributed by atoms with Crippen LogP contribution in [0.25, 0.3) is 0 Å². The predicted molar refractivity (Wildman–Crippen MR) is 77.4 cm³/mol. The van der Waals surface area contributed by atoms with Crippen molar-refractivity contribution in [2.24, 2.45) is 0 Å². The standard InChI is InChI=1S/C14H13F2NO4S/c1-20-14-7-4-11(8-13(14)15)17-9-10-2-5-12(6-3-10)21-22(16,18)19/h2-8,17H,9H2,1H3. The third-order valence-electron chi connectivity index (χ3n) is 2.77. The zero-order valence-electron chi connectivity index (χ0n) is 11.5. The molecule has 2 aromatic rings. The lowest BCUT2D eigenvalue weighted by molar-refractivity contribution is 0.386. The Morgan fingerprint density at radius 2 is 1.82 bits per heavy atom. The third-order valence-corrected chi connectivity index (χ3v) is 3.16. The van der Waals surface area contributed by atoms with Gasteiger partial charge >= 0.3 is 10.5 Å². The van der Waals surface area contributed by atoms with Crippen LogP contribution in [-0.2, 0) is 17.0 Å². The highest BCUT2D eigenvalue weighted by Gasteiger charge is 2.09. The van der Waals surface area contributed by atoms with Crippen LogP contribution >= 0.6 is 0 Å². The van der Waals surface area contributed by atoms with Crippen molar-refractivity contribution in [2.75, 3.05) is 12.4 Å². The Balaban J connectivity index is 1.98. The Bertz CT molecular complexity index is 748. The maximum Gasteiger partial charge on any atom is 0.488 e. The van der Waals surface area contributed by atoms with Crippen molar-refractivity contribution >= 4 is 16.2 Å². The fourth-order valence-electron chi connectivity index (χ4n) is 1.76. The number of anilines is 1. The third kappa shape index (κ3) is 4.59. The molecule has 0 fully saturated rings. The van der Waals surface area contributed by atoms with Crippen molar-refractivity contribution in [1.82, 2.24) is 0 Å². The van der Waals surface area contributed by atoms with E-state index >= 15 is 0 Å². The Labute approximate surface area is 126 Å². The van der Waals surface area contributed by atoms with Crippen LogP contribution < -0.4 is 14.2 Å². The largest absolute Gasteiger partial charge is 0.494 e. The molecule has 0 radical (unpaired) electrons. The average Bonchev–Trinajstić information content (AvgIpc) is 2.45. The number of benzene rings is 2. The molecule has 2 rings (SSSR count). The summed E-state index contributed by atoms with van der Waals surface area (Å²) in [7, 11) is -3.64. The maximum absolute atomic E-state index is 13.5. The topological polar surface area (TPSA) is 64.6 Å². The smallest absolute Gasteiger partial charge is 0.488 e. The quantitative estimate of drug-likeness (QED) is 0.825. The number of nitrogens with one attached hydrogen (secondary N) is 1. The fraction of sp³-hybridized carbons (Fsp3) is 0.143. The van der Waals surface area contributed by atoms with Gasteiger partial charge in [0.05, 0.1) is 7.11 Å². The Kier molecular flexibility index (Phi) is 4.81.